The van der Waals surface area contributed by atoms with Crippen LogP contribution in [0.4, 0.5) is 4.79 Å². The largest absolute Gasteiger partial charge is 0.479 e. The Hall–Kier alpha value is -1.60. The second-order valence-corrected chi connectivity index (χ2v) is 5.83. The van der Waals surface area contributed by atoms with Crippen molar-refractivity contribution in [3.8, 4) is 0 Å². The van der Waals surface area contributed by atoms with Crippen molar-refractivity contribution in [1.29, 1.82) is 0 Å². The Labute approximate surface area is 121 Å². The first-order valence-corrected chi connectivity index (χ1v) is 7.42. The van der Waals surface area contributed by atoms with E-state index < -0.39 is 12.0 Å². The molecule has 3 N–H and O–H groups in total. The van der Waals surface area contributed by atoms with Crippen LogP contribution < -0.4 is 5.32 Å². The van der Waals surface area contributed by atoms with Gasteiger partial charge in [-0.1, -0.05) is 6.07 Å². The van der Waals surface area contributed by atoms with Crippen molar-refractivity contribution < 1.29 is 19.8 Å². The minimum Gasteiger partial charge on any atom is -0.479 e. The van der Waals surface area contributed by atoms with Crippen LogP contribution in [0.5, 0.6) is 0 Å². The van der Waals surface area contributed by atoms with Crippen LogP contribution >= 0.6 is 11.3 Å². The summed E-state index contributed by atoms with van der Waals surface area (Å²) in [6, 6.07) is 2.10. The van der Waals surface area contributed by atoms with Crippen molar-refractivity contribution in [2.24, 2.45) is 5.92 Å². The maximum atomic E-state index is 12.1. The summed E-state index contributed by atoms with van der Waals surface area (Å²) < 4.78 is 0. The fourth-order valence-corrected chi connectivity index (χ4v) is 3.13. The third-order valence-electron chi connectivity index (χ3n) is 3.45. The molecule has 20 heavy (non-hydrogen) atoms. The minimum atomic E-state index is -1.06. The monoisotopic (exact) mass is 298 g/mol. The van der Waals surface area contributed by atoms with Gasteiger partial charge in [0.2, 0.25) is 0 Å². The van der Waals surface area contributed by atoms with Crippen molar-refractivity contribution in [1.82, 2.24) is 10.2 Å². The second kappa shape index (κ2) is 6.71. The number of aliphatic hydroxyl groups excluding tert-OH is 1. The number of aliphatic hydroxyl groups is 1. The van der Waals surface area contributed by atoms with Gasteiger partial charge in [0.15, 0.2) is 6.04 Å². The number of rotatable bonds is 5. The van der Waals surface area contributed by atoms with E-state index >= 15 is 0 Å². The van der Waals surface area contributed by atoms with Crippen LogP contribution in [0.15, 0.2) is 17.5 Å². The zero-order valence-corrected chi connectivity index (χ0v) is 11.8. The molecule has 1 fully saturated rings. The highest BCUT2D eigenvalue weighted by Crippen LogP contribution is 2.22. The number of carbonyl (C=O) groups excluding carboxylic acids is 1. The Balaban J connectivity index is 1.94. The van der Waals surface area contributed by atoms with E-state index in [9.17, 15) is 14.7 Å². The molecule has 110 valence electrons. The molecule has 0 radical (unpaired) electrons. The maximum absolute atomic E-state index is 12.1. The van der Waals surface area contributed by atoms with Crippen molar-refractivity contribution >= 4 is 23.3 Å². The van der Waals surface area contributed by atoms with E-state index in [2.05, 4.69) is 5.32 Å². The first-order valence-electron chi connectivity index (χ1n) is 6.54. The predicted molar refractivity (Wildman–Crippen MR) is 74.6 cm³/mol. The lowest BCUT2D eigenvalue weighted by molar-refractivity contribution is -0.139. The van der Waals surface area contributed by atoms with E-state index in [0.717, 1.165) is 6.42 Å². The average Bonchev–Trinajstić information content (AvgIpc) is 3.06. The topological polar surface area (TPSA) is 89.9 Å². The normalized spacial score (nSPS) is 19.9. The number of urea groups is 1. The van der Waals surface area contributed by atoms with E-state index in [1.54, 1.807) is 22.4 Å². The molecule has 2 atom stereocenters. The third-order valence-corrected chi connectivity index (χ3v) is 4.39. The van der Waals surface area contributed by atoms with Crippen molar-refractivity contribution in [3.63, 3.8) is 0 Å². The first-order chi connectivity index (χ1) is 9.61. The molecule has 2 unspecified atom stereocenters. The van der Waals surface area contributed by atoms with E-state index in [1.807, 2.05) is 0 Å². The van der Waals surface area contributed by atoms with E-state index in [-0.39, 0.29) is 12.6 Å². The first kappa shape index (κ1) is 14.8. The molecule has 1 aromatic rings. The molecule has 1 aromatic heterocycles. The summed E-state index contributed by atoms with van der Waals surface area (Å²) in [5, 5.41) is 22.5. The minimum absolute atomic E-state index is 0.118. The maximum Gasteiger partial charge on any atom is 0.331 e. The SMILES string of the molecule is O=C(O)C(NC(=O)N1CCC(CCO)C1)c1cccs1. The number of carboxylic acid groups (broad SMARTS) is 1. The van der Waals surface area contributed by atoms with Crippen LogP contribution in [0, 0.1) is 5.92 Å². The van der Waals surface area contributed by atoms with Gasteiger partial charge in [-0.05, 0) is 30.2 Å². The quantitative estimate of drug-likeness (QED) is 0.764. The summed E-state index contributed by atoms with van der Waals surface area (Å²) in [4.78, 5) is 25.6. The highest BCUT2D eigenvalue weighted by Gasteiger charge is 2.29. The van der Waals surface area contributed by atoms with E-state index in [4.69, 9.17) is 5.11 Å². The number of hydrogen-bond acceptors (Lipinski definition) is 4. The molecule has 1 aliphatic heterocycles. The fraction of sp³-hybridized carbons (Fsp3) is 0.538. The Kier molecular flexibility index (Phi) is 4.97. The van der Waals surface area contributed by atoms with Crippen LogP contribution in [0.3, 0.4) is 0 Å². The van der Waals surface area contributed by atoms with Crippen LogP contribution in [0.25, 0.3) is 0 Å². The lowest BCUT2D eigenvalue weighted by atomic mass is 10.1. The highest BCUT2D eigenvalue weighted by atomic mass is 32.1. The van der Waals surface area contributed by atoms with E-state index in [1.165, 1.54) is 11.3 Å². The standard InChI is InChI=1S/C13H18N2O4S/c16-6-4-9-3-5-15(8-9)13(19)14-11(12(17)18)10-2-1-7-20-10/h1-2,7,9,11,16H,3-6,8H2,(H,14,19)(H,17,18). The van der Waals surface area contributed by atoms with Gasteiger partial charge in [0.25, 0.3) is 0 Å². The molecule has 0 bridgehead atoms. The molecule has 0 spiro atoms. The van der Waals surface area contributed by atoms with Gasteiger partial charge < -0.3 is 20.4 Å². The summed E-state index contributed by atoms with van der Waals surface area (Å²) >= 11 is 1.31. The smallest absolute Gasteiger partial charge is 0.331 e. The summed E-state index contributed by atoms with van der Waals surface area (Å²) in [5.41, 5.74) is 0. The van der Waals surface area contributed by atoms with Gasteiger partial charge >= 0.3 is 12.0 Å². The van der Waals surface area contributed by atoms with Gasteiger partial charge in [-0.15, -0.1) is 11.3 Å². The lowest BCUT2D eigenvalue weighted by Crippen LogP contribution is -2.42. The van der Waals surface area contributed by atoms with Gasteiger partial charge in [0, 0.05) is 24.6 Å². The van der Waals surface area contributed by atoms with Gasteiger partial charge in [-0.2, -0.15) is 0 Å². The molecule has 0 saturated carbocycles. The molecule has 1 aliphatic rings. The van der Waals surface area contributed by atoms with Gasteiger partial charge in [-0.3, -0.25) is 0 Å². The Morgan fingerprint density at radius 3 is 2.95 bits per heavy atom. The molecular weight excluding hydrogens is 280 g/mol. The number of carboxylic acids is 1. The molecule has 2 rings (SSSR count). The third kappa shape index (κ3) is 3.49. The predicted octanol–water partition coefficient (Wildman–Crippen LogP) is 1.29. The van der Waals surface area contributed by atoms with Gasteiger partial charge in [0.05, 0.1) is 0 Å². The fourth-order valence-electron chi connectivity index (χ4n) is 2.36. The van der Waals surface area contributed by atoms with Crippen molar-refractivity contribution in [2.75, 3.05) is 19.7 Å². The zero-order chi connectivity index (χ0) is 14.5. The number of amides is 2. The molecule has 0 aliphatic carbocycles. The number of hydrogen-bond donors (Lipinski definition) is 3. The van der Waals surface area contributed by atoms with Crippen LogP contribution in [-0.2, 0) is 4.79 Å². The second-order valence-electron chi connectivity index (χ2n) is 4.85. The lowest BCUT2D eigenvalue weighted by Gasteiger charge is -2.20. The highest BCUT2D eigenvalue weighted by molar-refractivity contribution is 7.10. The van der Waals surface area contributed by atoms with Gasteiger partial charge in [-0.25, -0.2) is 9.59 Å². The van der Waals surface area contributed by atoms with Crippen LogP contribution in [0.1, 0.15) is 23.8 Å². The average molecular weight is 298 g/mol. The van der Waals surface area contributed by atoms with Crippen LogP contribution in [-0.4, -0.2) is 46.8 Å². The summed E-state index contributed by atoms with van der Waals surface area (Å²) in [6.07, 6.45) is 1.53. The molecule has 1 saturated heterocycles. The van der Waals surface area contributed by atoms with Crippen LogP contribution in [0.2, 0.25) is 0 Å². The molecule has 0 aromatic carbocycles. The van der Waals surface area contributed by atoms with E-state index in [0.29, 0.717) is 30.3 Å². The molecule has 7 heteroatoms. The number of nitrogens with one attached hydrogen (secondary N) is 1. The molecule has 6 nitrogen and oxygen atoms in total. The summed E-state index contributed by atoms with van der Waals surface area (Å²) in [6.45, 7) is 1.30. The number of likely N-dealkylation sites (tertiary alicyclic amines) is 1. The van der Waals surface area contributed by atoms with Crippen molar-refractivity contribution in [2.45, 2.75) is 18.9 Å². The van der Waals surface area contributed by atoms with Gasteiger partial charge in [0.1, 0.15) is 0 Å². The number of aliphatic carboxylic acids is 1. The van der Waals surface area contributed by atoms with Crippen molar-refractivity contribution in [3.05, 3.63) is 22.4 Å². The number of carbonyl (C=O) groups is 2. The molecule has 2 heterocycles. The summed E-state index contributed by atoms with van der Waals surface area (Å²) in [5.74, 6) is -0.761. The summed E-state index contributed by atoms with van der Waals surface area (Å²) in [7, 11) is 0. The molecule has 2 amide bonds. The molecular formula is C13H18N2O4S. The Morgan fingerprint density at radius 2 is 2.35 bits per heavy atom. The Bertz CT molecular complexity index is 463. The number of nitrogens with zero attached hydrogens (tertiary/aromatic N) is 1. The zero-order valence-electron chi connectivity index (χ0n) is 11.0. The Morgan fingerprint density at radius 1 is 1.55 bits per heavy atom. The number of thiophene rings is 1.